The third kappa shape index (κ3) is 2.33. The van der Waals surface area contributed by atoms with Crippen molar-refractivity contribution in [2.75, 3.05) is 25.0 Å². The fourth-order valence-corrected chi connectivity index (χ4v) is 1.80. The molecule has 0 fully saturated rings. The van der Waals surface area contributed by atoms with Crippen LogP contribution in [0, 0.1) is 6.92 Å². The molecular formula is C12H17FN4. The minimum absolute atomic E-state index is 0.273. The number of aromatic nitrogens is 2. The lowest BCUT2D eigenvalue weighted by Gasteiger charge is -2.15. The van der Waals surface area contributed by atoms with Crippen molar-refractivity contribution in [2.45, 2.75) is 13.8 Å². The summed E-state index contributed by atoms with van der Waals surface area (Å²) >= 11 is 0. The van der Waals surface area contributed by atoms with Crippen molar-refractivity contribution in [3.05, 3.63) is 30.0 Å². The summed E-state index contributed by atoms with van der Waals surface area (Å²) in [6, 6.07) is 0. The van der Waals surface area contributed by atoms with E-state index >= 15 is 0 Å². The van der Waals surface area contributed by atoms with E-state index in [9.17, 15) is 4.39 Å². The van der Waals surface area contributed by atoms with E-state index in [0.717, 1.165) is 23.6 Å². The number of halogens is 1. The topological polar surface area (TPSA) is 33.1 Å². The summed E-state index contributed by atoms with van der Waals surface area (Å²) in [6.07, 6.45) is 4.79. The highest BCUT2D eigenvalue weighted by Crippen LogP contribution is 2.20. The lowest BCUT2D eigenvalue weighted by Crippen LogP contribution is -2.18. The molecule has 1 aromatic rings. The predicted octanol–water partition coefficient (Wildman–Crippen LogP) is 1.90. The molecule has 0 aromatic carbocycles. The van der Waals surface area contributed by atoms with Crippen LogP contribution in [0.15, 0.2) is 24.3 Å². The van der Waals surface area contributed by atoms with Crippen LogP contribution in [0.25, 0.3) is 5.70 Å². The average molecular weight is 236 g/mol. The molecule has 4 nitrogen and oxygen atoms in total. The molecule has 0 saturated heterocycles. The van der Waals surface area contributed by atoms with E-state index in [1.165, 1.54) is 12.3 Å². The second-order valence-electron chi connectivity index (χ2n) is 4.10. The Morgan fingerprint density at radius 1 is 1.59 bits per heavy atom. The molecule has 0 atom stereocenters. The van der Waals surface area contributed by atoms with E-state index in [-0.39, 0.29) is 5.83 Å². The number of anilines is 1. The molecular weight excluding hydrogens is 219 g/mol. The van der Waals surface area contributed by atoms with E-state index in [0.29, 0.717) is 6.54 Å². The third-order valence-electron chi connectivity index (χ3n) is 2.88. The Hall–Kier alpha value is -1.78. The van der Waals surface area contributed by atoms with E-state index in [4.69, 9.17) is 0 Å². The zero-order chi connectivity index (χ0) is 12.4. The van der Waals surface area contributed by atoms with Crippen molar-refractivity contribution in [3.8, 4) is 0 Å². The molecule has 92 valence electrons. The van der Waals surface area contributed by atoms with E-state index in [1.54, 1.807) is 4.68 Å². The van der Waals surface area contributed by atoms with Crippen molar-refractivity contribution in [3.63, 3.8) is 0 Å². The van der Waals surface area contributed by atoms with Crippen LogP contribution in [0.3, 0.4) is 0 Å². The fraction of sp³-hybridized carbons (Fsp3) is 0.417. The zero-order valence-electron chi connectivity index (χ0n) is 10.4. The first-order chi connectivity index (χ1) is 8.11. The van der Waals surface area contributed by atoms with Gasteiger partial charge in [0.2, 0.25) is 0 Å². The molecule has 1 aromatic heterocycles. The Morgan fingerprint density at radius 2 is 2.35 bits per heavy atom. The first-order valence-corrected chi connectivity index (χ1v) is 5.69. The summed E-state index contributed by atoms with van der Waals surface area (Å²) in [5, 5.41) is 7.29. The zero-order valence-corrected chi connectivity index (χ0v) is 10.4. The molecule has 0 radical (unpaired) electrons. The highest BCUT2D eigenvalue weighted by Gasteiger charge is 2.12. The Morgan fingerprint density at radius 3 is 3.00 bits per heavy atom. The fourth-order valence-electron chi connectivity index (χ4n) is 1.80. The van der Waals surface area contributed by atoms with Gasteiger partial charge in [0.15, 0.2) is 0 Å². The summed E-state index contributed by atoms with van der Waals surface area (Å²) in [7, 11) is 2.02. The molecule has 5 heteroatoms. The van der Waals surface area contributed by atoms with Crippen LogP contribution >= 0.6 is 0 Å². The van der Waals surface area contributed by atoms with Crippen molar-refractivity contribution < 1.29 is 4.39 Å². The van der Waals surface area contributed by atoms with Crippen LogP contribution in [-0.2, 0) is 0 Å². The maximum atomic E-state index is 13.1. The highest BCUT2D eigenvalue weighted by molar-refractivity contribution is 5.57. The van der Waals surface area contributed by atoms with Crippen molar-refractivity contribution in [2.24, 2.45) is 0 Å². The molecule has 0 saturated carbocycles. The second-order valence-corrected chi connectivity index (χ2v) is 4.10. The molecule has 1 aliphatic heterocycles. The van der Waals surface area contributed by atoms with E-state index < -0.39 is 0 Å². The van der Waals surface area contributed by atoms with Gasteiger partial charge in [0.1, 0.15) is 5.83 Å². The van der Waals surface area contributed by atoms with Gasteiger partial charge in [-0.05, 0) is 19.9 Å². The number of nitrogens with one attached hydrogen (secondary N) is 1. The highest BCUT2D eigenvalue weighted by atomic mass is 19.1. The molecule has 2 rings (SSSR count). The minimum Gasteiger partial charge on any atom is -0.383 e. The second kappa shape index (κ2) is 4.61. The lowest BCUT2D eigenvalue weighted by molar-refractivity contribution is 0.642. The Balaban J connectivity index is 2.32. The molecule has 1 N–H and O–H groups in total. The van der Waals surface area contributed by atoms with Gasteiger partial charge in [-0.3, -0.25) is 0 Å². The number of nitrogens with zero attached hydrogens (tertiary/aromatic N) is 3. The Bertz CT molecular complexity index is 473. The number of hydrogen-bond acceptors (Lipinski definition) is 3. The maximum Gasteiger partial charge on any atom is 0.140 e. The number of allylic oxidation sites excluding steroid dienone is 2. The standard InChI is InChI=1S/C12H17FN4/c1-4-16(3)12-8-17(15-9(12)2)11-5-10(13)6-14-7-11/h5-6,8,14H,4,7H2,1-3H3. The van der Waals surface area contributed by atoms with Crippen LogP contribution in [0.1, 0.15) is 12.6 Å². The van der Waals surface area contributed by atoms with Crippen molar-refractivity contribution >= 4 is 11.4 Å². The van der Waals surface area contributed by atoms with E-state index in [2.05, 4.69) is 22.2 Å². The number of aryl methyl sites for hydroxylation is 1. The van der Waals surface area contributed by atoms with Gasteiger partial charge in [0.25, 0.3) is 0 Å². The van der Waals surface area contributed by atoms with Crippen LogP contribution in [-0.4, -0.2) is 29.9 Å². The number of rotatable bonds is 3. The summed E-state index contributed by atoms with van der Waals surface area (Å²) < 4.78 is 14.9. The molecule has 1 aliphatic rings. The summed E-state index contributed by atoms with van der Waals surface area (Å²) in [6.45, 7) is 5.55. The minimum atomic E-state index is -0.273. The molecule has 0 aliphatic carbocycles. The van der Waals surface area contributed by atoms with Gasteiger partial charge in [-0.1, -0.05) is 0 Å². The molecule has 0 amide bonds. The van der Waals surface area contributed by atoms with Crippen LogP contribution in [0.2, 0.25) is 0 Å². The Labute approximate surface area is 100 Å². The van der Waals surface area contributed by atoms with Gasteiger partial charge in [-0.25, -0.2) is 9.07 Å². The Kier molecular flexibility index (Phi) is 3.17. The summed E-state index contributed by atoms with van der Waals surface area (Å²) in [5.41, 5.74) is 2.83. The largest absolute Gasteiger partial charge is 0.383 e. The first-order valence-electron chi connectivity index (χ1n) is 5.69. The molecule has 17 heavy (non-hydrogen) atoms. The van der Waals surface area contributed by atoms with Crippen LogP contribution < -0.4 is 10.2 Å². The average Bonchev–Trinajstić information content (AvgIpc) is 2.70. The quantitative estimate of drug-likeness (QED) is 0.870. The van der Waals surface area contributed by atoms with Gasteiger partial charge in [-0.2, -0.15) is 5.10 Å². The SMILES string of the molecule is CCN(C)c1cn(C2=CC(F)=CNC2)nc1C. The maximum absolute atomic E-state index is 13.1. The summed E-state index contributed by atoms with van der Waals surface area (Å²) in [4.78, 5) is 2.11. The van der Waals surface area contributed by atoms with Gasteiger partial charge < -0.3 is 10.2 Å². The monoisotopic (exact) mass is 236 g/mol. The van der Waals surface area contributed by atoms with Gasteiger partial charge in [0.05, 0.1) is 29.8 Å². The number of hydrogen-bond donors (Lipinski definition) is 1. The number of dihydropyridines is 1. The van der Waals surface area contributed by atoms with Gasteiger partial charge >= 0.3 is 0 Å². The molecule has 2 heterocycles. The van der Waals surface area contributed by atoms with Crippen molar-refractivity contribution in [1.82, 2.24) is 15.1 Å². The van der Waals surface area contributed by atoms with Gasteiger partial charge in [0, 0.05) is 19.8 Å². The van der Waals surface area contributed by atoms with Crippen LogP contribution in [0.4, 0.5) is 10.1 Å². The molecule has 0 spiro atoms. The summed E-state index contributed by atoms with van der Waals surface area (Å²) in [5.74, 6) is -0.273. The smallest absolute Gasteiger partial charge is 0.140 e. The first kappa shape index (κ1) is 11.7. The van der Waals surface area contributed by atoms with Crippen LogP contribution in [0.5, 0.6) is 0 Å². The predicted molar refractivity (Wildman–Crippen MR) is 67.4 cm³/mol. The van der Waals surface area contributed by atoms with Gasteiger partial charge in [-0.15, -0.1) is 0 Å². The molecule has 0 bridgehead atoms. The normalized spacial score (nSPS) is 15.1. The third-order valence-corrected chi connectivity index (χ3v) is 2.88. The molecule has 0 unspecified atom stereocenters. The van der Waals surface area contributed by atoms with Crippen molar-refractivity contribution in [1.29, 1.82) is 0 Å². The lowest BCUT2D eigenvalue weighted by atomic mass is 10.3. The van der Waals surface area contributed by atoms with E-state index in [1.807, 2.05) is 20.2 Å².